The van der Waals surface area contributed by atoms with Crippen LogP contribution in [0.25, 0.3) is 0 Å². The van der Waals surface area contributed by atoms with Crippen LogP contribution >= 0.6 is 0 Å². The number of azo groups is 1. The molecule has 0 saturated carbocycles. The van der Waals surface area contributed by atoms with Gasteiger partial charge in [-0.3, -0.25) is 0 Å². The predicted molar refractivity (Wildman–Crippen MR) is 50.9 cm³/mol. The quantitative estimate of drug-likeness (QED) is 0.299. The van der Waals surface area contributed by atoms with Crippen molar-refractivity contribution >= 4 is 8.46 Å². The van der Waals surface area contributed by atoms with E-state index in [1.165, 1.54) is 12.2 Å². The van der Waals surface area contributed by atoms with Crippen molar-refractivity contribution in [2.75, 3.05) is 0 Å². The second kappa shape index (κ2) is 9.12. The first kappa shape index (κ1) is 13.5. The summed E-state index contributed by atoms with van der Waals surface area (Å²) in [5, 5.41) is 7.75. The third-order valence-electron chi connectivity index (χ3n) is 0.907. The molecule has 0 fully saturated rings. The van der Waals surface area contributed by atoms with Gasteiger partial charge in [0.1, 0.15) is 0 Å². The Morgan fingerprint density at radius 1 is 0.857 bits per heavy atom. The minimum absolute atomic E-state index is 0.661. The monoisotopic (exact) mass is 362 g/mol. The van der Waals surface area contributed by atoms with Crippen LogP contribution in [0.2, 0.25) is 0 Å². The summed E-state index contributed by atoms with van der Waals surface area (Å²) in [5.41, 5.74) is 0. The Morgan fingerprint density at radius 2 is 1.21 bits per heavy atom. The number of allylic oxidation sites excluding steroid dienone is 4. The Labute approximate surface area is 104 Å². The number of hydrogen-bond donors (Lipinski definition) is 0. The van der Waals surface area contributed by atoms with E-state index < -0.39 is 0 Å². The molecule has 0 bridgehead atoms. The molecule has 0 heterocycles. The van der Waals surface area contributed by atoms with Crippen molar-refractivity contribution in [2.24, 2.45) is 10.2 Å². The molecule has 0 aromatic heterocycles. The molecule has 0 aromatic rings. The summed E-state index contributed by atoms with van der Waals surface area (Å²) < 4.78 is 1.32. The predicted octanol–water partition coefficient (Wildman–Crippen LogP) is 1.88. The van der Waals surface area contributed by atoms with Crippen LogP contribution in [-0.2, 0) is 35.7 Å². The molecule has 0 radical (unpaired) electrons. The van der Waals surface area contributed by atoms with Crippen LogP contribution in [0.3, 0.4) is 0 Å². The molecule has 2 nitrogen and oxygen atoms in total. The Hall–Kier alpha value is -0.453. The summed E-state index contributed by atoms with van der Waals surface area (Å²) >= 11 is 5.25. The summed E-state index contributed by atoms with van der Waals surface area (Å²) in [6, 6.07) is 0. The van der Waals surface area contributed by atoms with E-state index >= 15 is 0 Å². The van der Waals surface area contributed by atoms with Crippen molar-refractivity contribution in [3.8, 4) is 0 Å². The molecule has 0 unspecified atom stereocenters. The van der Waals surface area contributed by atoms with Crippen molar-refractivity contribution in [1.82, 2.24) is 0 Å². The van der Waals surface area contributed by atoms with E-state index in [1.54, 1.807) is 24.3 Å². The first-order chi connectivity index (χ1) is 6.70. The molecule has 14 heavy (non-hydrogen) atoms. The normalized spacial score (nSPS) is 11.3. The van der Waals surface area contributed by atoms with E-state index in [0.717, 1.165) is 0 Å². The zero-order valence-electron chi connectivity index (χ0n) is 7.18. The third kappa shape index (κ3) is 8.16. The van der Waals surface area contributed by atoms with Crippen LogP contribution in [0.5, 0.6) is 0 Å². The van der Waals surface area contributed by atoms with Crippen LogP contribution in [0.4, 0.5) is 0 Å². The van der Waals surface area contributed by atoms with Gasteiger partial charge in [-0.05, 0) is 0 Å². The molecule has 0 rings (SSSR count). The standard InChI is InChI=1S/C10H8N2.2Rh/c1-3-5-7-9-11-12-10-8-6-4-2;;/h1-8H;;/q-2;;/b7-5-,8-6-,12-11?;;. The van der Waals surface area contributed by atoms with Crippen LogP contribution in [-0.4, -0.2) is 8.46 Å². The van der Waals surface area contributed by atoms with E-state index in [-0.39, 0.29) is 0 Å². The van der Waals surface area contributed by atoms with E-state index in [1.807, 2.05) is 0 Å². The zero-order valence-corrected chi connectivity index (χ0v) is 10.5. The van der Waals surface area contributed by atoms with Crippen LogP contribution in [0.15, 0.2) is 46.7 Å². The van der Waals surface area contributed by atoms with Crippen molar-refractivity contribution < 1.29 is 35.7 Å². The molecule has 78 valence electrons. The molecule has 0 aromatic carbocycles. The molecule has 0 aliphatic carbocycles. The minimum atomic E-state index is 0.661. The SMILES string of the molecule is [CH-]=C/C=C\[C](=[Rh])N=N[C](=[Rh])/C=C\C=[CH-]. The van der Waals surface area contributed by atoms with Crippen molar-refractivity contribution in [2.45, 2.75) is 0 Å². The topological polar surface area (TPSA) is 24.7 Å². The molecule has 0 N–H and O–H groups in total. The zero-order chi connectivity index (χ0) is 10.8. The fraction of sp³-hybridized carbons (Fsp3) is 0. The van der Waals surface area contributed by atoms with E-state index in [2.05, 4.69) is 45.9 Å². The van der Waals surface area contributed by atoms with Gasteiger partial charge in [0.2, 0.25) is 0 Å². The Balaban J connectivity index is 4.16. The maximum absolute atomic E-state index is 5.15. The summed E-state index contributed by atoms with van der Waals surface area (Å²) in [6.45, 7) is 10.3. The molecular weight excluding hydrogens is 354 g/mol. The fourth-order valence-electron chi connectivity index (χ4n) is 0.419. The summed E-state index contributed by atoms with van der Waals surface area (Å²) in [7, 11) is 0. The van der Waals surface area contributed by atoms with Crippen molar-refractivity contribution in [3.63, 3.8) is 0 Å². The van der Waals surface area contributed by atoms with Crippen molar-refractivity contribution in [3.05, 3.63) is 49.6 Å². The number of rotatable bonds is 6. The molecule has 0 aliphatic heterocycles. The fourth-order valence-corrected chi connectivity index (χ4v) is 0.898. The number of hydrogen-bond acceptors (Lipinski definition) is 2. The Bertz CT molecular complexity index is 293. The molecule has 0 aliphatic rings. The first-order valence-corrected chi connectivity index (χ1v) is 5.20. The molecule has 0 spiro atoms. The van der Waals surface area contributed by atoms with E-state index in [9.17, 15) is 0 Å². The summed E-state index contributed by atoms with van der Waals surface area (Å²) in [5.74, 6) is 0. The molecule has 4 heteroatoms. The summed E-state index contributed by atoms with van der Waals surface area (Å²) in [6.07, 6.45) is 9.59. The first-order valence-electron chi connectivity index (χ1n) is 3.56. The van der Waals surface area contributed by atoms with Crippen molar-refractivity contribution in [1.29, 1.82) is 0 Å². The maximum atomic E-state index is 5.15. The average Bonchev–Trinajstić information content (AvgIpc) is 2.20. The van der Waals surface area contributed by atoms with Gasteiger partial charge in [0, 0.05) is 0 Å². The average molecular weight is 362 g/mol. The molecule has 0 saturated heterocycles. The van der Waals surface area contributed by atoms with E-state index in [4.69, 9.17) is 13.2 Å². The molecular formula is C10H8N2Rh2-2. The van der Waals surface area contributed by atoms with Crippen LogP contribution in [0.1, 0.15) is 0 Å². The van der Waals surface area contributed by atoms with Gasteiger partial charge in [0.25, 0.3) is 0 Å². The van der Waals surface area contributed by atoms with E-state index in [0.29, 0.717) is 8.46 Å². The van der Waals surface area contributed by atoms with Gasteiger partial charge >= 0.3 is 104 Å². The molecule has 0 amide bonds. The Morgan fingerprint density at radius 3 is 1.50 bits per heavy atom. The van der Waals surface area contributed by atoms with Gasteiger partial charge in [0.15, 0.2) is 0 Å². The second-order valence-electron chi connectivity index (χ2n) is 1.90. The second-order valence-corrected chi connectivity index (χ2v) is 3.58. The summed E-state index contributed by atoms with van der Waals surface area (Å²) in [4.78, 5) is 0. The van der Waals surface area contributed by atoms with Gasteiger partial charge in [-0.2, -0.15) is 0 Å². The van der Waals surface area contributed by atoms with Gasteiger partial charge in [-0.1, -0.05) is 0 Å². The Kier molecular flexibility index (Phi) is 8.82. The van der Waals surface area contributed by atoms with Gasteiger partial charge in [-0.15, -0.1) is 0 Å². The van der Waals surface area contributed by atoms with Crippen LogP contribution < -0.4 is 0 Å². The van der Waals surface area contributed by atoms with Gasteiger partial charge in [-0.25, -0.2) is 0 Å². The van der Waals surface area contributed by atoms with Gasteiger partial charge < -0.3 is 0 Å². The third-order valence-corrected chi connectivity index (χ3v) is 1.78. The molecule has 0 atom stereocenters. The van der Waals surface area contributed by atoms with Crippen LogP contribution in [0, 0.1) is 13.2 Å². The van der Waals surface area contributed by atoms with Gasteiger partial charge in [0.05, 0.1) is 0 Å². The number of nitrogens with zero attached hydrogens (tertiary/aromatic N) is 2.